The highest BCUT2D eigenvalue weighted by Gasteiger charge is 2.31. The van der Waals surface area contributed by atoms with Gasteiger partial charge in [0.05, 0.1) is 13.2 Å². The lowest BCUT2D eigenvalue weighted by Gasteiger charge is -2.10. The molecule has 2 aliphatic rings. The molecular formula is C13H16ClNO5S. The summed E-state index contributed by atoms with van der Waals surface area (Å²) in [5.74, 6) is -0.296. The van der Waals surface area contributed by atoms with Gasteiger partial charge >= 0.3 is 5.97 Å². The molecule has 0 amide bonds. The molecule has 1 aromatic rings. The minimum Gasteiger partial charge on any atom is -0.461 e. The van der Waals surface area contributed by atoms with Crippen molar-refractivity contribution in [2.75, 3.05) is 19.8 Å². The topological polar surface area (TPSA) is 74.6 Å². The summed E-state index contributed by atoms with van der Waals surface area (Å²) in [5.41, 5.74) is 0.246. The van der Waals surface area contributed by atoms with Crippen LogP contribution in [0, 0.1) is 5.92 Å². The number of carbonyl (C=O) groups is 1. The molecule has 2 fully saturated rings. The molecule has 8 heteroatoms. The number of esters is 1. The average molecular weight is 334 g/mol. The molecule has 0 spiro atoms. The van der Waals surface area contributed by atoms with Gasteiger partial charge < -0.3 is 14.0 Å². The van der Waals surface area contributed by atoms with E-state index in [1.165, 1.54) is 12.3 Å². The predicted molar refractivity (Wildman–Crippen MR) is 75.0 cm³/mol. The zero-order chi connectivity index (χ0) is 15.0. The van der Waals surface area contributed by atoms with Gasteiger partial charge in [0.1, 0.15) is 10.6 Å². The van der Waals surface area contributed by atoms with E-state index in [1.54, 1.807) is 4.57 Å². The van der Waals surface area contributed by atoms with Gasteiger partial charge in [0, 0.05) is 35.4 Å². The van der Waals surface area contributed by atoms with Crippen molar-refractivity contribution in [1.82, 2.24) is 4.57 Å². The van der Waals surface area contributed by atoms with E-state index in [4.69, 9.17) is 20.2 Å². The maximum absolute atomic E-state index is 12.2. The van der Waals surface area contributed by atoms with Gasteiger partial charge in [-0.25, -0.2) is 13.2 Å². The molecular weight excluding hydrogens is 318 g/mol. The van der Waals surface area contributed by atoms with Gasteiger partial charge in [-0.2, -0.15) is 0 Å². The van der Waals surface area contributed by atoms with Gasteiger partial charge in [-0.3, -0.25) is 0 Å². The molecule has 2 heterocycles. The molecule has 1 saturated carbocycles. The molecule has 21 heavy (non-hydrogen) atoms. The third-order valence-corrected chi connectivity index (χ3v) is 5.05. The van der Waals surface area contributed by atoms with E-state index in [0.29, 0.717) is 13.2 Å². The third-order valence-electron chi connectivity index (χ3n) is 3.73. The van der Waals surface area contributed by atoms with E-state index in [1.807, 2.05) is 0 Å². The summed E-state index contributed by atoms with van der Waals surface area (Å²) in [6, 6.07) is 1.45. The largest absolute Gasteiger partial charge is 0.461 e. The lowest BCUT2D eigenvalue weighted by atomic mass is 10.1. The Balaban J connectivity index is 1.76. The fourth-order valence-corrected chi connectivity index (χ4v) is 3.13. The monoisotopic (exact) mass is 333 g/mol. The highest BCUT2D eigenvalue weighted by Crippen LogP contribution is 2.38. The van der Waals surface area contributed by atoms with Gasteiger partial charge in [-0.1, -0.05) is 0 Å². The van der Waals surface area contributed by atoms with Crippen LogP contribution in [-0.2, 0) is 18.5 Å². The van der Waals surface area contributed by atoms with Crippen LogP contribution in [0.15, 0.2) is 17.2 Å². The van der Waals surface area contributed by atoms with Crippen molar-refractivity contribution in [2.45, 2.75) is 30.2 Å². The Hall–Kier alpha value is -1.05. The molecule has 0 N–H and O–H groups in total. The molecule has 1 atom stereocenters. The number of rotatable bonds is 5. The molecule has 0 aromatic carbocycles. The molecule has 1 aliphatic carbocycles. The van der Waals surface area contributed by atoms with E-state index in [2.05, 4.69) is 0 Å². The van der Waals surface area contributed by atoms with Crippen LogP contribution in [-0.4, -0.2) is 38.8 Å². The number of halogens is 1. The molecule has 3 rings (SSSR count). The second kappa shape index (κ2) is 5.62. The molecule has 0 bridgehead atoms. The number of ether oxygens (including phenoxy) is 2. The third kappa shape index (κ3) is 3.41. The summed E-state index contributed by atoms with van der Waals surface area (Å²) in [6.45, 7) is 1.57. The zero-order valence-electron chi connectivity index (χ0n) is 11.3. The number of hydrogen-bond donors (Lipinski definition) is 0. The number of aromatic nitrogens is 1. The predicted octanol–water partition coefficient (Wildman–Crippen LogP) is 1.94. The zero-order valence-corrected chi connectivity index (χ0v) is 12.9. The van der Waals surface area contributed by atoms with Crippen molar-refractivity contribution < 1.29 is 22.7 Å². The van der Waals surface area contributed by atoms with Gasteiger partial charge in [-0.15, -0.1) is 0 Å². The minimum atomic E-state index is -3.85. The molecule has 6 nitrogen and oxygen atoms in total. The molecule has 1 aromatic heterocycles. The van der Waals surface area contributed by atoms with Crippen molar-refractivity contribution in [2.24, 2.45) is 5.92 Å². The van der Waals surface area contributed by atoms with Gasteiger partial charge in [0.15, 0.2) is 0 Å². The molecule has 1 aliphatic heterocycles. The van der Waals surface area contributed by atoms with E-state index >= 15 is 0 Å². The van der Waals surface area contributed by atoms with Crippen molar-refractivity contribution in [3.8, 4) is 0 Å². The van der Waals surface area contributed by atoms with E-state index in [0.717, 1.165) is 19.3 Å². The number of hydrogen-bond acceptors (Lipinski definition) is 5. The van der Waals surface area contributed by atoms with Crippen LogP contribution in [0.4, 0.5) is 0 Å². The Morgan fingerprint density at radius 3 is 2.76 bits per heavy atom. The van der Waals surface area contributed by atoms with Crippen LogP contribution in [0.3, 0.4) is 0 Å². The van der Waals surface area contributed by atoms with Crippen LogP contribution in [0.5, 0.6) is 0 Å². The van der Waals surface area contributed by atoms with Crippen molar-refractivity contribution in [3.05, 3.63) is 18.0 Å². The van der Waals surface area contributed by atoms with Crippen molar-refractivity contribution in [1.29, 1.82) is 0 Å². The summed E-state index contributed by atoms with van der Waals surface area (Å²) in [6.07, 6.45) is 4.13. The second-order valence-corrected chi connectivity index (χ2v) is 8.03. The molecule has 116 valence electrons. The van der Waals surface area contributed by atoms with Crippen LogP contribution in [0.2, 0.25) is 0 Å². The first-order valence-corrected chi connectivity index (χ1v) is 9.17. The van der Waals surface area contributed by atoms with Gasteiger partial charge in [0.25, 0.3) is 9.05 Å². The summed E-state index contributed by atoms with van der Waals surface area (Å²) in [5, 5.41) is 0. The van der Waals surface area contributed by atoms with Crippen LogP contribution < -0.4 is 0 Å². The van der Waals surface area contributed by atoms with Gasteiger partial charge in [0.2, 0.25) is 0 Å². The van der Waals surface area contributed by atoms with Gasteiger partial charge in [-0.05, 0) is 25.3 Å². The van der Waals surface area contributed by atoms with E-state index in [9.17, 15) is 13.2 Å². The highest BCUT2D eigenvalue weighted by molar-refractivity contribution is 8.13. The van der Waals surface area contributed by atoms with E-state index in [-0.39, 0.29) is 29.2 Å². The second-order valence-electron chi connectivity index (χ2n) is 5.47. The Labute approximate surface area is 127 Å². The lowest BCUT2D eigenvalue weighted by molar-refractivity contribution is 0.0415. The number of nitrogens with zero attached hydrogens (tertiary/aromatic N) is 1. The first-order chi connectivity index (χ1) is 9.95. The standard InChI is InChI=1S/C13H16ClNO5S/c14-21(17,18)11-5-12(15(6-11)10-1-2-10)13(16)20-8-9-3-4-19-7-9/h5-6,9-10H,1-4,7-8H2. The highest BCUT2D eigenvalue weighted by atomic mass is 35.7. The average Bonchev–Trinajstić information content (AvgIpc) is 2.96. The SMILES string of the molecule is O=C(OCC1CCOC1)c1cc(S(=O)(=O)Cl)cn1C1CC1. The Kier molecular flexibility index (Phi) is 3.98. The number of carbonyl (C=O) groups excluding carboxylic acids is 1. The first-order valence-electron chi connectivity index (χ1n) is 6.86. The quantitative estimate of drug-likeness (QED) is 0.608. The van der Waals surface area contributed by atoms with Crippen LogP contribution in [0.1, 0.15) is 35.8 Å². The Morgan fingerprint density at radius 1 is 1.43 bits per heavy atom. The molecule has 0 radical (unpaired) electrons. The molecule has 1 saturated heterocycles. The fraction of sp³-hybridized carbons (Fsp3) is 0.615. The summed E-state index contributed by atoms with van der Waals surface area (Å²) in [7, 11) is 1.49. The summed E-state index contributed by atoms with van der Waals surface area (Å²) in [4.78, 5) is 12.1. The van der Waals surface area contributed by atoms with Crippen molar-refractivity contribution >= 4 is 25.7 Å². The maximum Gasteiger partial charge on any atom is 0.355 e. The first kappa shape index (κ1) is 14.9. The van der Waals surface area contributed by atoms with Crippen LogP contribution >= 0.6 is 10.7 Å². The Bertz CT molecular complexity index is 644. The molecule has 1 unspecified atom stereocenters. The smallest absolute Gasteiger partial charge is 0.355 e. The summed E-state index contributed by atoms with van der Waals surface area (Å²) < 4.78 is 35.0. The normalized spacial score (nSPS) is 22.4. The van der Waals surface area contributed by atoms with Crippen molar-refractivity contribution in [3.63, 3.8) is 0 Å². The lowest BCUT2D eigenvalue weighted by Crippen LogP contribution is -2.16. The summed E-state index contributed by atoms with van der Waals surface area (Å²) >= 11 is 0. The Morgan fingerprint density at radius 2 is 2.19 bits per heavy atom. The van der Waals surface area contributed by atoms with E-state index < -0.39 is 15.0 Å². The maximum atomic E-state index is 12.2. The van der Waals surface area contributed by atoms with Crippen LogP contribution in [0.25, 0.3) is 0 Å². The minimum absolute atomic E-state index is 0.0628. The fourth-order valence-electron chi connectivity index (χ4n) is 2.39.